The third kappa shape index (κ3) is 1.97. The predicted octanol–water partition coefficient (Wildman–Crippen LogP) is 2.97. The van der Waals surface area contributed by atoms with Gasteiger partial charge >= 0.3 is 0 Å². The second kappa shape index (κ2) is 4.32. The number of H-pyrrole nitrogens is 1. The van der Waals surface area contributed by atoms with Gasteiger partial charge in [0.05, 0.1) is 0 Å². The normalized spacial score (nSPS) is 17.4. The highest BCUT2D eigenvalue weighted by Gasteiger charge is 2.17. The van der Waals surface area contributed by atoms with Crippen LogP contribution in [0.5, 0.6) is 0 Å². The Morgan fingerprint density at radius 3 is 2.88 bits per heavy atom. The van der Waals surface area contributed by atoms with Crippen LogP contribution in [0.2, 0.25) is 0 Å². The number of hydrogen-bond acceptors (Lipinski definition) is 2. The molecule has 1 N–H and O–H groups in total. The molecule has 0 unspecified atom stereocenters. The highest BCUT2D eigenvalue weighted by Crippen LogP contribution is 2.31. The minimum Gasteiger partial charge on any atom is -0.324 e. The Morgan fingerprint density at radius 2 is 2.06 bits per heavy atom. The summed E-state index contributed by atoms with van der Waals surface area (Å²) in [5.41, 5.74) is 1.59. The van der Waals surface area contributed by atoms with Gasteiger partial charge in [-0.25, -0.2) is 0 Å². The minimum atomic E-state index is -0.0522. The molecule has 17 heavy (non-hydrogen) atoms. The zero-order valence-corrected chi connectivity index (χ0v) is 9.78. The van der Waals surface area contributed by atoms with Crippen molar-refractivity contribution in [3.05, 3.63) is 40.4 Å². The van der Waals surface area contributed by atoms with Gasteiger partial charge in [-0.05, 0) is 30.9 Å². The summed E-state index contributed by atoms with van der Waals surface area (Å²) in [6, 6.07) is 5.94. The molecule has 3 nitrogen and oxygen atoms in total. The molecule has 0 bridgehead atoms. The van der Waals surface area contributed by atoms with Gasteiger partial charge in [0.2, 0.25) is 0 Å². The third-order valence-electron chi connectivity index (χ3n) is 3.67. The molecule has 2 heterocycles. The van der Waals surface area contributed by atoms with Crippen LogP contribution >= 0.6 is 0 Å². The van der Waals surface area contributed by atoms with Crippen molar-refractivity contribution in [1.82, 2.24) is 9.97 Å². The average molecular weight is 228 g/mol. The molecule has 1 saturated carbocycles. The lowest BCUT2D eigenvalue weighted by atomic mass is 9.86. The molecular weight excluding hydrogens is 212 g/mol. The maximum atomic E-state index is 11.9. The summed E-state index contributed by atoms with van der Waals surface area (Å²) in [5, 5.41) is 0.955. The molecule has 0 aromatic carbocycles. The van der Waals surface area contributed by atoms with E-state index in [1.165, 1.54) is 32.1 Å². The molecule has 0 radical (unpaired) electrons. The highest BCUT2D eigenvalue weighted by molar-refractivity contribution is 5.77. The molecule has 1 fully saturated rings. The summed E-state index contributed by atoms with van der Waals surface area (Å²) in [6.45, 7) is 0. The van der Waals surface area contributed by atoms with Gasteiger partial charge in [0, 0.05) is 17.3 Å². The van der Waals surface area contributed by atoms with Crippen LogP contribution < -0.4 is 5.56 Å². The standard InChI is InChI=1S/C14H16N2O/c17-14-13-11(7-4-8-15-13)9-12(16-14)10-5-2-1-3-6-10/h4,7-10H,1-3,5-6H2,(H,16,17). The van der Waals surface area contributed by atoms with Crippen molar-refractivity contribution in [2.24, 2.45) is 0 Å². The number of hydrogen-bond donors (Lipinski definition) is 1. The topological polar surface area (TPSA) is 45.8 Å². The second-order valence-corrected chi connectivity index (χ2v) is 4.83. The van der Waals surface area contributed by atoms with E-state index in [2.05, 4.69) is 16.0 Å². The SMILES string of the molecule is O=c1[nH]c(C2CCCCC2)cc2cccnc12. The molecule has 3 rings (SSSR count). The Balaban J connectivity index is 2.08. The van der Waals surface area contributed by atoms with Gasteiger partial charge < -0.3 is 4.98 Å². The van der Waals surface area contributed by atoms with E-state index in [0.29, 0.717) is 11.4 Å². The van der Waals surface area contributed by atoms with Crippen molar-refractivity contribution in [1.29, 1.82) is 0 Å². The van der Waals surface area contributed by atoms with Gasteiger partial charge in [-0.2, -0.15) is 0 Å². The van der Waals surface area contributed by atoms with E-state index in [9.17, 15) is 4.79 Å². The fraction of sp³-hybridized carbons (Fsp3) is 0.429. The molecule has 3 heteroatoms. The lowest BCUT2D eigenvalue weighted by Gasteiger charge is -2.21. The first-order valence-corrected chi connectivity index (χ1v) is 6.32. The lowest BCUT2D eigenvalue weighted by molar-refractivity contribution is 0.436. The number of fused-ring (bicyclic) bond motifs is 1. The lowest BCUT2D eigenvalue weighted by Crippen LogP contribution is -2.14. The van der Waals surface area contributed by atoms with Crippen molar-refractivity contribution in [3.8, 4) is 0 Å². The Morgan fingerprint density at radius 1 is 1.24 bits per heavy atom. The number of pyridine rings is 2. The first kappa shape index (κ1) is 10.5. The monoisotopic (exact) mass is 228 g/mol. The van der Waals surface area contributed by atoms with Crippen LogP contribution in [0.4, 0.5) is 0 Å². The maximum absolute atomic E-state index is 11.9. The Labute approximate surface area is 99.9 Å². The predicted molar refractivity (Wildman–Crippen MR) is 68.2 cm³/mol. The van der Waals surface area contributed by atoms with Crippen LogP contribution in [0.1, 0.15) is 43.7 Å². The quantitative estimate of drug-likeness (QED) is 0.815. The van der Waals surface area contributed by atoms with E-state index in [0.717, 1.165) is 11.1 Å². The van der Waals surface area contributed by atoms with Crippen molar-refractivity contribution in [2.45, 2.75) is 38.0 Å². The van der Waals surface area contributed by atoms with Crippen LogP contribution in [0.3, 0.4) is 0 Å². The minimum absolute atomic E-state index is 0.0522. The smallest absolute Gasteiger partial charge is 0.274 e. The van der Waals surface area contributed by atoms with Crippen LogP contribution in [0.25, 0.3) is 10.9 Å². The molecule has 0 spiro atoms. The summed E-state index contributed by atoms with van der Waals surface area (Å²) in [6.07, 6.45) is 7.94. The summed E-state index contributed by atoms with van der Waals surface area (Å²) in [5.74, 6) is 0.529. The fourth-order valence-corrected chi connectivity index (χ4v) is 2.75. The van der Waals surface area contributed by atoms with Crippen LogP contribution in [-0.2, 0) is 0 Å². The third-order valence-corrected chi connectivity index (χ3v) is 3.67. The fourth-order valence-electron chi connectivity index (χ4n) is 2.75. The number of aromatic amines is 1. The van der Waals surface area contributed by atoms with Crippen LogP contribution in [0, 0.1) is 0 Å². The Bertz CT molecular complexity index is 582. The number of nitrogens with zero attached hydrogens (tertiary/aromatic N) is 1. The zero-order valence-electron chi connectivity index (χ0n) is 9.78. The molecule has 2 aromatic rings. The van der Waals surface area contributed by atoms with Crippen molar-refractivity contribution in [2.75, 3.05) is 0 Å². The number of rotatable bonds is 1. The van der Waals surface area contributed by atoms with E-state index < -0.39 is 0 Å². The van der Waals surface area contributed by atoms with Gasteiger partial charge in [-0.1, -0.05) is 25.3 Å². The van der Waals surface area contributed by atoms with E-state index in [1.807, 2.05) is 12.1 Å². The van der Waals surface area contributed by atoms with E-state index in [1.54, 1.807) is 6.20 Å². The van der Waals surface area contributed by atoms with Crippen LogP contribution in [0.15, 0.2) is 29.2 Å². The molecule has 0 atom stereocenters. The summed E-state index contributed by atoms with van der Waals surface area (Å²) in [4.78, 5) is 19.0. The van der Waals surface area contributed by atoms with Gasteiger partial charge in [0.25, 0.3) is 5.56 Å². The molecule has 0 saturated heterocycles. The van der Waals surface area contributed by atoms with Gasteiger partial charge in [-0.3, -0.25) is 9.78 Å². The summed E-state index contributed by atoms with van der Waals surface area (Å²) in [7, 11) is 0. The molecule has 0 aliphatic heterocycles. The molecule has 1 aliphatic carbocycles. The van der Waals surface area contributed by atoms with Crippen LogP contribution in [-0.4, -0.2) is 9.97 Å². The van der Waals surface area contributed by atoms with E-state index in [4.69, 9.17) is 0 Å². The van der Waals surface area contributed by atoms with Crippen molar-refractivity contribution < 1.29 is 0 Å². The summed E-state index contributed by atoms with van der Waals surface area (Å²) >= 11 is 0. The molecule has 1 aliphatic rings. The highest BCUT2D eigenvalue weighted by atomic mass is 16.1. The molecule has 88 valence electrons. The van der Waals surface area contributed by atoms with Gasteiger partial charge in [-0.15, -0.1) is 0 Å². The second-order valence-electron chi connectivity index (χ2n) is 4.83. The zero-order chi connectivity index (χ0) is 11.7. The largest absolute Gasteiger partial charge is 0.324 e. The first-order chi connectivity index (χ1) is 8.34. The first-order valence-electron chi connectivity index (χ1n) is 6.32. The average Bonchev–Trinajstić information content (AvgIpc) is 2.40. The molecular formula is C14H16N2O. The number of nitrogens with one attached hydrogen (secondary N) is 1. The van der Waals surface area contributed by atoms with E-state index >= 15 is 0 Å². The Hall–Kier alpha value is -1.64. The number of aromatic nitrogens is 2. The van der Waals surface area contributed by atoms with Crippen molar-refractivity contribution >= 4 is 10.9 Å². The maximum Gasteiger partial charge on any atom is 0.274 e. The Kier molecular flexibility index (Phi) is 2.67. The van der Waals surface area contributed by atoms with Gasteiger partial charge in [0.15, 0.2) is 0 Å². The molecule has 0 amide bonds. The van der Waals surface area contributed by atoms with Gasteiger partial charge in [0.1, 0.15) is 5.52 Å². The summed E-state index contributed by atoms with van der Waals surface area (Å²) < 4.78 is 0. The molecule has 2 aromatic heterocycles. The van der Waals surface area contributed by atoms with E-state index in [-0.39, 0.29) is 5.56 Å². The van der Waals surface area contributed by atoms with Crippen molar-refractivity contribution in [3.63, 3.8) is 0 Å².